The van der Waals surface area contributed by atoms with Gasteiger partial charge in [0.25, 0.3) is 0 Å². The van der Waals surface area contributed by atoms with E-state index in [0.29, 0.717) is 49.7 Å². The maximum absolute atomic E-state index is 13.6. The summed E-state index contributed by atoms with van der Waals surface area (Å²) >= 11 is 3.28. The van der Waals surface area contributed by atoms with Crippen LogP contribution in [0.15, 0.2) is 0 Å². The number of hydroxylamine groups is 1. The van der Waals surface area contributed by atoms with E-state index in [4.69, 9.17) is 10.9 Å². The number of nitrogens with one attached hydrogen (secondary N) is 9. The van der Waals surface area contributed by atoms with Crippen LogP contribution < -0.4 is 53.7 Å². The smallest absolute Gasteiger partial charge is 0.315 e. The molecule has 20 nitrogen and oxygen atoms in total. The lowest BCUT2D eigenvalue weighted by Crippen LogP contribution is -2.57. The van der Waals surface area contributed by atoms with E-state index >= 15 is 0 Å². The molecule has 0 saturated carbocycles. The molecular formula is C39H68N10O10S2. The SMILES string of the molecule is CC[C@H](C)[C@H](NC(=O)C(CC(=O)NO)CC(C)C)C(=O)N[C@@H](CCSC)C(=O)NCC(=O)NCC(=O)N[C@@H](CCCCNC(=O)CCCC[C@@H]1SC[C@@H]2NC(=O)N[C@@H]21)C(N)=O. The first-order chi connectivity index (χ1) is 29.0. The Morgan fingerprint density at radius 1 is 0.820 bits per heavy atom. The molecule has 10 amide bonds. The largest absolute Gasteiger partial charge is 0.368 e. The molecule has 0 aromatic carbocycles. The summed E-state index contributed by atoms with van der Waals surface area (Å²) in [5.74, 6) is -4.50. The highest BCUT2D eigenvalue weighted by Crippen LogP contribution is 2.33. The summed E-state index contributed by atoms with van der Waals surface area (Å²) in [6, 6.07) is -2.91. The average Bonchev–Trinajstić information content (AvgIpc) is 3.78. The van der Waals surface area contributed by atoms with Gasteiger partial charge in [0.05, 0.1) is 25.2 Å². The number of rotatable bonds is 30. The topological polar surface area (TPSA) is 308 Å². The minimum Gasteiger partial charge on any atom is -0.368 e. The molecule has 2 rings (SSSR count). The zero-order valence-electron chi connectivity index (χ0n) is 36.0. The third-order valence-corrected chi connectivity index (χ3v) is 12.7. The lowest BCUT2D eigenvalue weighted by molar-refractivity contribution is -0.137. The van der Waals surface area contributed by atoms with Gasteiger partial charge in [0, 0.05) is 36.3 Å². The van der Waals surface area contributed by atoms with E-state index in [0.717, 1.165) is 25.0 Å². The third-order valence-electron chi connectivity index (χ3n) is 10.6. The summed E-state index contributed by atoms with van der Waals surface area (Å²) < 4.78 is 0. The number of amides is 10. The molecule has 0 spiro atoms. The normalized spacial score (nSPS) is 19.1. The van der Waals surface area contributed by atoms with Gasteiger partial charge >= 0.3 is 6.03 Å². The van der Waals surface area contributed by atoms with Crippen molar-refractivity contribution in [2.75, 3.05) is 37.4 Å². The lowest BCUT2D eigenvalue weighted by atomic mass is 9.91. The van der Waals surface area contributed by atoms with Crippen molar-refractivity contribution in [2.24, 2.45) is 23.5 Å². The van der Waals surface area contributed by atoms with Crippen LogP contribution in [0.1, 0.15) is 98.3 Å². The number of hydrogen-bond acceptors (Lipinski definition) is 12. The Kier molecular flexibility index (Phi) is 24.5. The molecular weight excluding hydrogens is 833 g/mol. The molecule has 0 aromatic rings. The fourth-order valence-electron chi connectivity index (χ4n) is 6.99. The zero-order valence-corrected chi connectivity index (χ0v) is 37.7. The Morgan fingerprint density at radius 3 is 2.20 bits per heavy atom. The quantitative estimate of drug-likeness (QED) is 0.0189. The van der Waals surface area contributed by atoms with Crippen LogP contribution in [0.2, 0.25) is 0 Å². The summed E-state index contributed by atoms with van der Waals surface area (Å²) in [6.07, 6.45) is 6.75. The second-order valence-corrected chi connectivity index (χ2v) is 18.3. The Bertz CT molecular complexity index is 1510. The van der Waals surface area contributed by atoms with E-state index in [2.05, 4.69) is 42.5 Å². The summed E-state index contributed by atoms with van der Waals surface area (Å²) in [5, 5.41) is 30.9. The van der Waals surface area contributed by atoms with Crippen LogP contribution in [-0.2, 0) is 38.4 Å². The van der Waals surface area contributed by atoms with Crippen molar-refractivity contribution in [1.82, 2.24) is 48.0 Å². The number of hydrogen-bond donors (Lipinski definition) is 11. The fraction of sp³-hybridized carbons (Fsp3) is 0.769. The summed E-state index contributed by atoms with van der Waals surface area (Å²) in [5.41, 5.74) is 7.03. The van der Waals surface area contributed by atoms with E-state index in [9.17, 15) is 43.2 Å². The second kappa shape index (κ2) is 28.3. The third kappa shape index (κ3) is 20.0. The monoisotopic (exact) mass is 900 g/mol. The molecule has 0 aliphatic carbocycles. The molecule has 2 aliphatic heterocycles. The molecule has 0 aromatic heterocycles. The van der Waals surface area contributed by atoms with Gasteiger partial charge < -0.3 is 48.3 Å². The van der Waals surface area contributed by atoms with Gasteiger partial charge in [-0.3, -0.25) is 43.6 Å². The van der Waals surface area contributed by atoms with Crippen molar-refractivity contribution in [3.63, 3.8) is 0 Å². The molecule has 1 unspecified atom stereocenters. The number of fused-ring (bicyclic) bond motifs is 1. The maximum Gasteiger partial charge on any atom is 0.315 e. The van der Waals surface area contributed by atoms with Gasteiger partial charge in [0.1, 0.15) is 18.1 Å². The Hall–Kier alpha value is -4.31. The van der Waals surface area contributed by atoms with Crippen LogP contribution in [0.5, 0.6) is 0 Å². The minimum absolute atomic E-state index is 0.0418. The predicted molar refractivity (Wildman–Crippen MR) is 232 cm³/mol. The average molecular weight is 901 g/mol. The van der Waals surface area contributed by atoms with Crippen molar-refractivity contribution in [3.05, 3.63) is 0 Å². The van der Waals surface area contributed by atoms with Crippen LogP contribution in [0, 0.1) is 17.8 Å². The first-order valence-corrected chi connectivity index (χ1v) is 23.5. The Morgan fingerprint density at radius 2 is 1.54 bits per heavy atom. The zero-order chi connectivity index (χ0) is 45.5. The molecule has 2 heterocycles. The molecule has 0 radical (unpaired) electrons. The molecule has 61 heavy (non-hydrogen) atoms. The number of carbonyl (C=O) groups excluding carboxylic acids is 9. The van der Waals surface area contributed by atoms with Gasteiger partial charge in [0.2, 0.25) is 47.3 Å². The highest BCUT2D eigenvalue weighted by molar-refractivity contribution is 8.00. The number of unbranched alkanes of at least 4 members (excludes halogenated alkanes) is 2. The number of carbonyl (C=O) groups is 9. The first-order valence-electron chi connectivity index (χ1n) is 21.1. The van der Waals surface area contributed by atoms with Crippen LogP contribution in [0.4, 0.5) is 4.79 Å². The van der Waals surface area contributed by atoms with Gasteiger partial charge in [0.15, 0.2) is 0 Å². The second-order valence-electron chi connectivity index (χ2n) is 16.0. The maximum atomic E-state index is 13.6. The predicted octanol–water partition coefficient (Wildman–Crippen LogP) is -0.472. The number of thioether (sulfide) groups is 2. The van der Waals surface area contributed by atoms with Gasteiger partial charge in [-0.15, -0.1) is 0 Å². The minimum atomic E-state index is -1.06. The van der Waals surface area contributed by atoms with Crippen molar-refractivity contribution in [1.29, 1.82) is 0 Å². The number of primary amides is 1. The van der Waals surface area contributed by atoms with Crippen molar-refractivity contribution < 1.29 is 48.4 Å². The van der Waals surface area contributed by atoms with E-state index in [1.165, 1.54) is 17.2 Å². The van der Waals surface area contributed by atoms with E-state index < -0.39 is 78.5 Å². The summed E-state index contributed by atoms with van der Waals surface area (Å²) in [4.78, 5) is 113. The van der Waals surface area contributed by atoms with Gasteiger partial charge in [-0.1, -0.05) is 40.5 Å². The number of urea groups is 1. The standard InChI is InChI=1S/C39H68N10O10S2/c1-6-23(4)33(47-36(55)24(17-22(2)3)18-30(51)49-59)38(57)45-26(14-16-60-5)37(56)43-19-31(52)42-20-32(53)44-25(35(40)54)11-9-10-15-41-29(50)13-8-7-12-28-34-27(21-61-28)46-39(58)48-34/h22-28,33-34,59H,6-21H2,1-5H3,(H2,40,54)(H,41,50)(H,42,52)(H,43,56)(H,44,53)(H,45,57)(H,47,55)(H,49,51)(H2,46,48,58)/t23-,24?,25-,26-,27-,28-,33-,34-/m0/s1. The molecule has 2 aliphatic rings. The van der Waals surface area contributed by atoms with Crippen molar-refractivity contribution in [2.45, 2.75) is 134 Å². The van der Waals surface area contributed by atoms with Crippen molar-refractivity contribution in [3.8, 4) is 0 Å². The van der Waals surface area contributed by atoms with Crippen LogP contribution in [0.3, 0.4) is 0 Å². The highest BCUT2D eigenvalue weighted by Gasteiger charge is 2.42. The molecule has 2 fully saturated rings. The van der Waals surface area contributed by atoms with Crippen LogP contribution >= 0.6 is 23.5 Å². The molecule has 346 valence electrons. The first kappa shape index (κ1) is 52.8. The molecule has 12 N–H and O–H groups in total. The fourth-order valence-corrected chi connectivity index (χ4v) is 9.00. The van der Waals surface area contributed by atoms with Gasteiger partial charge in [-0.25, -0.2) is 10.3 Å². The summed E-state index contributed by atoms with van der Waals surface area (Å²) in [7, 11) is 0. The summed E-state index contributed by atoms with van der Waals surface area (Å²) in [6.45, 7) is 6.73. The number of nitrogens with two attached hydrogens (primary N) is 1. The van der Waals surface area contributed by atoms with Crippen molar-refractivity contribution >= 4 is 76.8 Å². The van der Waals surface area contributed by atoms with E-state index in [-0.39, 0.29) is 55.1 Å². The highest BCUT2D eigenvalue weighted by atomic mass is 32.2. The van der Waals surface area contributed by atoms with Gasteiger partial charge in [-0.05, 0) is 68.8 Å². The molecule has 0 bridgehead atoms. The Balaban J connectivity index is 1.75. The molecule has 2 saturated heterocycles. The molecule has 22 heteroatoms. The Labute approximate surface area is 366 Å². The van der Waals surface area contributed by atoms with Crippen LogP contribution in [-0.4, -0.2) is 131 Å². The van der Waals surface area contributed by atoms with Crippen LogP contribution in [0.25, 0.3) is 0 Å². The van der Waals surface area contributed by atoms with E-state index in [1.807, 2.05) is 38.8 Å². The van der Waals surface area contributed by atoms with E-state index in [1.54, 1.807) is 6.92 Å². The lowest BCUT2D eigenvalue weighted by Gasteiger charge is -2.28. The molecule has 8 atom stereocenters. The van der Waals surface area contributed by atoms with Gasteiger partial charge in [-0.2, -0.15) is 23.5 Å².